The number of hydrogen-bond acceptors (Lipinski definition) is 4. The first-order chi connectivity index (χ1) is 8.22. The number of Topliss-reactive ketones (excluding diaryl/α,β-unsaturated/α-hetero) is 1. The molecule has 92 valence electrons. The summed E-state index contributed by atoms with van der Waals surface area (Å²) < 4.78 is 4.76. The molecule has 0 saturated heterocycles. The van der Waals surface area contributed by atoms with Gasteiger partial charge in [0.25, 0.3) is 0 Å². The summed E-state index contributed by atoms with van der Waals surface area (Å²) in [5, 5.41) is 0. The molecule has 0 spiro atoms. The van der Waals surface area contributed by atoms with Crippen molar-refractivity contribution in [1.82, 2.24) is 4.98 Å². The van der Waals surface area contributed by atoms with E-state index in [0.29, 0.717) is 19.4 Å². The molecular formula is C13H17NO3. The first kappa shape index (κ1) is 13.4. The fraction of sp³-hybridized carbons (Fsp3) is 0.462. The monoisotopic (exact) mass is 235 g/mol. The molecule has 1 aromatic rings. The van der Waals surface area contributed by atoms with Gasteiger partial charge in [0.05, 0.1) is 13.0 Å². The Bertz CT molecular complexity index is 362. The van der Waals surface area contributed by atoms with Gasteiger partial charge in [0, 0.05) is 25.2 Å². The van der Waals surface area contributed by atoms with E-state index in [1.165, 1.54) is 0 Å². The molecule has 0 atom stereocenters. The van der Waals surface area contributed by atoms with Crippen molar-refractivity contribution in [2.45, 2.75) is 32.6 Å². The highest BCUT2D eigenvalue weighted by Crippen LogP contribution is 2.04. The number of ketones is 1. The Morgan fingerprint density at radius 3 is 2.53 bits per heavy atom. The largest absolute Gasteiger partial charge is 0.466 e. The van der Waals surface area contributed by atoms with E-state index in [4.69, 9.17) is 4.74 Å². The SMILES string of the molecule is CCOC(=O)CCC(=O)CCc1ccncc1. The van der Waals surface area contributed by atoms with Crippen LogP contribution in [0.5, 0.6) is 0 Å². The first-order valence-electron chi connectivity index (χ1n) is 5.78. The van der Waals surface area contributed by atoms with Crippen LogP contribution in [0.25, 0.3) is 0 Å². The molecule has 0 aliphatic rings. The van der Waals surface area contributed by atoms with Crippen LogP contribution >= 0.6 is 0 Å². The minimum Gasteiger partial charge on any atom is -0.466 e. The summed E-state index contributed by atoms with van der Waals surface area (Å²) >= 11 is 0. The molecule has 4 nitrogen and oxygen atoms in total. The predicted octanol–water partition coefficient (Wildman–Crippen LogP) is 1.93. The lowest BCUT2D eigenvalue weighted by Crippen LogP contribution is -2.08. The number of aromatic nitrogens is 1. The molecule has 0 aliphatic heterocycles. The van der Waals surface area contributed by atoms with Crippen LogP contribution in [-0.2, 0) is 20.7 Å². The number of nitrogens with zero attached hydrogens (tertiary/aromatic N) is 1. The zero-order chi connectivity index (χ0) is 12.5. The molecule has 0 radical (unpaired) electrons. The smallest absolute Gasteiger partial charge is 0.306 e. The fourth-order valence-electron chi connectivity index (χ4n) is 1.43. The minimum absolute atomic E-state index is 0.0925. The predicted molar refractivity (Wildman–Crippen MR) is 63.4 cm³/mol. The van der Waals surface area contributed by atoms with Crippen LogP contribution < -0.4 is 0 Å². The first-order valence-corrected chi connectivity index (χ1v) is 5.78. The average molecular weight is 235 g/mol. The molecule has 4 heteroatoms. The van der Waals surface area contributed by atoms with Crippen molar-refractivity contribution in [2.24, 2.45) is 0 Å². The van der Waals surface area contributed by atoms with Gasteiger partial charge in [-0.3, -0.25) is 14.6 Å². The Balaban J connectivity index is 2.20. The molecule has 1 aromatic heterocycles. The molecule has 0 bridgehead atoms. The normalized spacial score (nSPS) is 9.94. The number of carbonyl (C=O) groups is 2. The number of esters is 1. The Morgan fingerprint density at radius 2 is 1.88 bits per heavy atom. The van der Waals surface area contributed by atoms with Gasteiger partial charge < -0.3 is 4.74 Å². The summed E-state index contributed by atoms with van der Waals surface area (Å²) in [5.74, 6) is -0.209. The van der Waals surface area contributed by atoms with Gasteiger partial charge in [-0.2, -0.15) is 0 Å². The third kappa shape index (κ3) is 5.80. The van der Waals surface area contributed by atoms with Crippen molar-refractivity contribution < 1.29 is 14.3 Å². The van der Waals surface area contributed by atoms with Gasteiger partial charge in [-0.15, -0.1) is 0 Å². The van der Waals surface area contributed by atoms with E-state index < -0.39 is 0 Å². The van der Waals surface area contributed by atoms with Gasteiger partial charge in [0.1, 0.15) is 5.78 Å². The number of carbonyl (C=O) groups excluding carboxylic acids is 2. The molecule has 0 aromatic carbocycles. The van der Waals surface area contributed by atoms with Crippen LogP contribution in [0.4, 0.5) is 0 Å². The summed E-state index contributed by atoms with van der Waals surface area (Å²) in [6, 6.07) is 3.78. The molecule has 0 N–H and O–H groups in total. The van der Waals surface area contributed by atoms with Crippen molar-refractivity contribution in [3.63, 3.8) is 0 Å². The van der Waals surface area contributed by atoms with E-state index in [0.717, 1.165) is 5.56 Å². The second-order valence-electron chi connectivity index (χ2n) is 3.70. The number of pyridine rings is 1. The summed E-state index contributed by atoms with van der Waals surface area (Å²) in [5.41, 5.74) is 1.09. The summed E-state index contributed by atoms with van der Waals surface area (Å²) in [4.78, 5) is 26.4. The zero-order valence-electron chi connectivity index (χ0n) is 10.0. The van der Waals surface area contributed by atoms with Gasteiger partial charge in [-0.1, -0.05) is 0 Å². The van der Waals surface area contributed by atoms with Crippen LogP contribution in [0.2, 0.25) is 0 Å². The van der Waals surface area contributed by atoms with E-state index in [2.05, 4.69) is 4.98 Å². The maximum absolute atomic E-state index is 11.5. The van der Waals surface area contributed by atoms with Crippen LogP contribution in [0, 0.1) is 0 Å². The topological polar surface area (TPSA) is 56.3 Å². The van der Waals surface area contributed by atoms with Crippen molar-refractivity contribution in [1.29, 1.82) is 0 Å². The van der Waals surface area contributed by atoms with Crippen molar-refractivity contribution >= 4 is 11.8 Å². The van der Waals surface area contributed by atoms with Gasteiger partial charge in [0.2, 0.25) is 0 Å². The summed E-state index contributed by atoms with van der Waals surface area (Å²) in [6.07, 6.45) is 5.03. The Kier molecular flexibility index (Phi) is 5.93. The second-order valence-corrected chi connectivity index (χ2v) is 3.70. The molecule has 17 heavy (non-hydrogen) atoms. The molecule has 0 aliphatic carbocycles. The van der Waals surface area contributed by atoms with Gasteiger partial charge in [-0.25, -0.2) is 0 Å². The van der Waals surface area contributed by atoms with Gasteiger partial charge in [-0.05, 0) is 31.0 Å². The van der Waals surface area contributed by atoms with Crippen LogP contribution in [0.15, 0.2) is 24.5 Å². The highest BCUT2D eigenvalue weighted by Gasteiger charge is 2.07. The number of rotatable bonds is 7. The van der Waals surface area contributed by atoms with E-state index in [1.54, 1.807) is 19.3 Å². The number of aryl methyl sites for hydroxylation is 1. The molecule has 0 unspecified atom stereocenters. The fourth-order valence-corrected chi connectivity index (χ4v) is 1.43. The Morgan fingerprint density at radius 1 is 1.18 bits per heavy atom. The average Bonchev–Trinajstić information content (AvgIpc) is 2.35. The lowest BCUT2D eigenvalue weighted by Gasteiger charge is -2.02. The molecule has 0 saturated carbocycles. The van der Waals surface area contributed by atoms with E-state index in [1.807, 2.05) is 12.1 Å². The Hall–Kier alpha value is -1.71. The summed E-state index contributed by atoms with van der Waals surface area (Å²) in [6.45, 7) is 2.12. The minimum atomic E-state index is -0.301. The zero-order valence-corrected chi connectivity index (χ0v) is 10.0. The van der Waals surface area contributed by atoms with Crippen molar-refractivity contribution in [3.05, 3.63) is 30.1 Å². The highest BCUT2D eigenvalue weighted by atomic mass is 16.5. The van der Waals surface area contributed by atoms with Crippen molar-refractivity contribution in [3.8, 4) is 0 Å². The third-order valence-electron chi connectivity index (χ3n) is 2.36. The van der Waals surface area contributed by atoms with Crippen LogP contribution in [0.1, 0.15) is 31.7 Å². The Labute approximate surface area is 101 Å². The third-order valence-corrected chi connectivity index (χ3v) is 2.36. The van der Waals surface area contributed by atoms with Gasteiger partial charge >= 0.3 is 5.97 Å². The molecule has 0 fully saturated rings. The lowest BCUT2D eigenvalue weighted by molar-refractivity contribution is -0.144. The maximum atomic E-state index is 11.5. The standard InChI is InChI=1S/C13H17NO3/c1-2-17-13(16)6-5-12(15)4-3-11-7-9-14-10-8-11/h7-10H,2-6H2,1H3. The molecule has 0 amide bonds. The van der Waals surface area contributed by atoms with E-state index >= 15 is 0 Å². The second kappa shape index (κ2) is 7.54. The van der Waals surface area contributed by atoms with Crippen LogP contribution in [-0.4, -0.2) is 23.3 Å². The summed E-state index contributed by atoms with van der Waals surface area (Å²) in [7, 11) is 0. The molecule has 1 heterocycles. The van der Waals surface area contributed by atoms with Crippen LogP contribution in [0.3, 0.4) is 0 Å². The number of hydrogen-bond donors (Lipinski definition) is 0. The maximum Gasteiger partial charge on any atom is 0.306 e. The van der Waals surface area contributed by atoms with E-state index in [9.17, 15) is 9.59 Å². The number of ether oxygens (including phenoxy) is 1. The molecule has 1 rings (SSSR count). The van der Waals surface area contributed by atoms with Gasteiger partial charge in [0.15, 0.2) is 0 Å². The van der Waals surface area contributed by atoms with E-state index in [-0.39, 0.29) is 24.6 Å². The highest BCUT2D eigenvalue weighted by molar-refractivity contribution is 5.83. The quantitative estimate of drug-likeness (QED) is 0.677. The molecular weight excluding hydrogens is 218 g/mol. The lowest BCUT2D eigenvalue weighted by atomic mass is 10.1. The van der Waals surface area contributed by atoms with Crippen molar-refractivity contribution in [2.75, 3.05) is 6.61 Å².